The normalized spacial score (nSPS) is 10.4. The molecule has 7 heteroatoms. The predicted molar refractivity (Wildman–Crippen MR) is 65.1 cm³/mol. The highest BCUT2D eigenvalue weighted by Gasteiger charge is 2.11. The summed E-state index contributed by atoms with van der Waals surface area (Å²) in [6, 6.07) is 3.25. The number of hydrogen-bond acceptors (Lipinski definition) is 4. The number of carbonyl (C=O) groups is 1. The highest BCUT2D eigenvalue weighted by Crippen LogP contribution is 2.17. The zero-order valence-electron chi connectivity index (χ0n) is 10.3. The lowest BCUT2D eigenvalue weighted by Crippen LogP contribution is -2.26. The van der Waals surface area contributed by atoms with E-state index in [1.165, 1.54) is 6.07 Å². The number of aromatic hydroxyl groups is 1. The number of benzene rings is 1. The van der Waals surface area contributed by atoms with Crippen LogP contribution in [0.3, 0.4) is 0 Å². The van der Waals surface area contributed by atoms with Crippen LogP contribution in [0.4, 0.5) is 4.39 Å². The van der Waals surface area contributed by atoms with Crippen LogP contribution in [0.25, 0.3) is 0 Å². The molecular weight excluding hydrogens is 251 g/mol. The SMILES string of the molecule is Cn1cnc(CCNC(=O)c2ccc(F)cc2O)n1. The number of carbonyl (C=O) groups excluding carboxylic acids is 1. The third-order valence-electron chi connectivity index (χ3n) is 2.49. The van der Waals surface area contributed by atoms with Crippen LogP contribution in [0.15, 0.2) is 24.5 Å². The second kappa shape index (κ2) is 5.47. The maximum atomic E-state index is 12.8. The van der Waals surface area contributed by atoms with E-state index < -0.39 is 11.7 Å². The van der Waals surface area contributed by atoms with Crippen LogP contribution in [0.1, 0.15) is 16.2 Å². The number of aryl methyl sites for hydroxylation is 1. The molecular formula is C12H13FN4O2. The largest absolute Gasteiger partial charge is 0.507 e. The molecule has 0 spiro atoms. The van der Waals surface area contributed by atoms with Crippen molar-refractivity contribution in [2.24, 2.45) is 7.05 Å². The van der Waals surface area contributed by atoms with E-state index in [-0.39, 0.29) is 11.3 Å². The highest BCUT2D eigenvalue weighted by atomic mass is 19.1. The second-order valence-corrected chi connectivity index (χ2v) is 4.00. The van der Waals surface area contributed by atoms with E-state index in [1.807, 2.05) is 0 Å². The minimum absolute atomic E-state index is 0.0374. The maximum absolute atomic E-state index is 12.8. The molecule has 0 saturated heterocycles. The Morgan fingerprint density at radius 3 is 2.95 bits per heavy atom. The summed E-state index contributed by atoms with van der Waals surface area (Å²) in [7, 11) is 1.76. The third kappa shape index (κ3) is 3.27. The fourth-order valence-electron chi connectivity index (χ4n) is 1.58. The van der Waals surface area contributed by atoms with E-state index in [0.717, 1.165) is 12.1 Å². The summed E-state index contributed by atoms with van der Waals surface area (Å²) < 4.78 is 14.3. The van der Waals surface area contributed by atoms with Crippen molar-refractivity contribution < 1.29 is 14.3 Å². The lowest BCUT2D eigenvalue weighted by molar-refractivity contribution is 0.0951. The predicted octanol–water partition coefficient (Wildman–Crippen LogP) is 0.632. The molecule has 100 valence electrons. The summed E-state index contributed by atoms with van der Waals surface area (Å²) in [5.74, 6) is -0.820. The molecule has 0 aliphatic rings. The summed E-state index contributed by atoms with van der Waals surface area (Å²) in [6.07, 6.45) is 2.05. The van der Waals surface area contributed by atoms with Gasteiger partial charge in [-0.2, -0.15) is 5.10 Å². The number of halogens is 1. The van der Waals surface area contributed by atoms with Gasteiger partial charge in [0.25, 0.3) is 5.91 Å². The van der Waals surface area contributed by atoms with Crippen molar-refractivity contribution >= 4 is 5.91 Å². The molecule has 6 nitrogen and oxygen atoms in total. The topological polar surface area (TPSA) is 80.0 Å². The Kier molecular flexibility index (Phi) is 3.74. The average Bonchev–Trinajstić information content (AvgIpc) is 2.75. The van der Waals surface area contributed by atoms with Crippen LogP contribution < -0.4 is 5.32 Å². The first kappa shape index (κ1) is 13.0. The quantitative estimate of drug-likeness (QED) is 0.849. The summed E-state index contributed by atoms with van der Waals surface area (Å²) in [4.78, 5) is 15.7. The van der Waals surface area contributed by atoms with E-state index in [1.54, 1.807) is 18.1 Å². The number of nitrogens with zero attached hydrogens (tertiary/aromatic N) is 3. The highest BCUT2D eigenvalue weighted by molar-refractivity contribution is 5.96. The first-order valence-corrected chi connectivity index (χ1v) is 5.67. The van der Waals surface area contributed by atoms with Crippen LogP contribution in [-0.4, -0.2) is 32.3 Å². The lowest BCUT2D eigenvalue weighted by atomic mass is 10.2. The molecule has 0 unspecified atom stereocenters. The number of phenols is 1. The molecule has 0 atom stereocenters. The first-order valence-electron chi connectivity index (χ1n) is 5.67. The number of amides is 1. The van der Waals surface area contributed by atoms with Crippen LogP contribution in [0.2, 0.25) is 0 Å². The van der Waals surface area contributed by atoms with Gasteiger partial charge in [0.2, 0.25) is 0 Å². The van der Waals surface area contributed by atoms with Crippen molar-refractivity contribution in [3.05, 3.63) is 41.7 Å². The molecule has 1 heterocycles. The first-order chi connectivity index (χ1) is 9.06. The minimum Gasteiger partial charge on any atom is -0.507 e. The average molecular weight is 264 g/mol. The number of nitrogens with one attached hydrogen (secondary N) is 1. The Hall–Kier alpha value is -2.44. The van der Waals surface area contributed by atoms with E-state index >= 15 is 0 Å². The third-order valence-corrected chi connectivity index (χ3v) is 2.49. The van der Waals surface area contributed by atoms with Crippen molar-refractivity contribution in [2.45, 2.75) is 6.42 Å². The van der Waals surface area contributed by atoms with E-state index in [2.05, 4.69) is 15.4 Å². The number of aromatic nitrogens is 3. The summed E-state index contributed by atoms with van der Waals surface area (Å²) in [5.41, 5.74) is 0.0374. The van der Waals surface area contributed by atoms with Crippen LogP contribution in [0.5, 0.6) is 5.75 Å². The minimum atomic E-state index is -0.591. The lowest BCUT2D eigenvalue weighted by Gasteiger charge is -2.05. The van der Waals surface area contributed by atoms with Gasteiger partial charge in [-0.3, -0.25) is 9.48 Å². The summed E-state index contributed by atoms with van der Waals surface area (Å²) in [5, 5.41) is 16.1. The van der Waals surface area contributed by atoms with Crippen molar-refractivity contribution in [1.82, 2.24) is 20.1 Å². The molecule has 19 heavy (non-hydrogen) atoms. The Bertz CT molecular complexity index is 597. The summed E-state index contributed by atoms with van der Waals surface area (Å²) in [6.45, 7) is 0.333. The number of phenolic OH excluding ortho intramolecular Hbond substituents is 1. The fourth-order valence-corrected chi connectivity index (χ4v) is 1.58. The van der Waals surface area contributed by atoms with Crippen LogP contribution in [0, 0.1) is 5.82 Å². The molecule has 1 aromatic heterocycles. The van der Waals surface area contributed by atoms with Crippen molar-refractivity contribution in [3.8, 4) is 5.75 Å². The van der Waals surface area contributed by atoms with Crippen LogP contribution in [-0.2, 0) is 13.5 Å². The van der Waals surface area contributed by atoms with Crippen molar-refractivity contribution in [1.29, 1.82) is 0 Å². The standard InChI is InChI=1S/C12H13FN4O2/c1-17-7-15-11(16-17)4-5-14-12(19)9-3-2-8(13)6-10(9)18/h2-3,6-7,18H,4-5H2,1H3,(H,14,19). The molecule has 0 saturated carbocycles. The maximum Gasteiger partial charge on any atom is 0.255 e. The molecule has 1 amide bonds. The van der Waals surface area contributed by atoms with E-state index in [0.29, 0.717) is 18.8 Å². The molecule has 0 fully saturated rings. The molecule has 1 aromatic carbocycles. The zero-order chi connectivity index (χ0) is 13.8. The molecule has 0 aliphatic carbocycles. The number of rotatable bonds is 4. The molecule has 0 radical (unpaired) electrons. The van der Waals surface area contributed by atoms with E-state index in [9.17, 15) is 14.3 Å². The Labute approximate surface area is 108 Å². The van der Waals surface area contributed by atoms with Gasteiger partial charge in [-0.05, 0) is 12.1 Å². The number of hydrogen-bond donors (Lipinski definition) is 2. The van der Waals surface area contributed by atoms with Gasteiger partial charge in [0.05, 0.1) is 5.56 Å². The van der Waals surface area contributed by atoms with Crippen molar-refractivity contribution in [3.63, 3.8) is 0 Å². The fraction of sp³-hybridized carbons (Fsp3) is 0.250. The van der Waals surface area contributed by atoms with Gasteiger partial charge in [-0.1, -0.05) is 0 Å². The van der Waals surface area contributed by atoms with Gasteiger partial charge in [-0.15, -0.1) is 0 Å². The summed E-state index contributed by atoms with van der Waals surface area (Å²) >= 11 is 0. The van der Waals surface area contributed by atoms with Crippen LogP contribution >= 0.6 is 0 Å². The second-order valence-electron chi connectivity index (χ2n) is 4.00. The van der Waals surface area contributed by atoms with Gasteiger partial charge in [0.1, 0.15) is 17.9 Å². The molecule has 2 N–H and O–H groups in total. The van der Waals surface area contributed by atoms with Gasteiger partial charge in [-0.25, -0.2) is 9.37 Å². The Balaban J connectivity index is 1.90. The van der Waals surface area contributed by atoms with Gasteiger partial charge in [0.15, 0.2) is 5.82 Å². The van der Waals surface area contributed by atoms with Gasteiger partial charge < -0.3 is 10.4 Å². The van der Waals surface area contributed by atoms with Gasteiger partial charge in [0, 0.05) is 26.1 Å². The Morgan fingerprint density at radius 2 is 2.32 bits per heavy atom. The van der Waals surface area contributed by atoms with Crippen molar-refractivity contribution in [2.75, 3.05) is 6.54 Å². The monoisotopic (exact) mass is 264 g/mol. The molecule has 2 rings (SSSR count). The smallest absolute Gasteiger partial charge is 0.255 e. The Morgan fingerprint density at radius 1 is 1.53 bits per heavy atom. The molecule has 0 bridgehead atoms. The van der Waals surface area contributed by atoms with E-state index in [4.69, 9.17) is 0 Å². The molecule has 2 aromatic rings. The molecule has 0 aliphatic heterocycles. The van der Waals surface area contributed by atoms with Gasteiger partial charge >= 0.3 is 0 Å². The zero-order valence-corrected chi connectivity index (χ0v) is 10.3.